The molecule has 0 bridgehead atoms. The maximum Gasteiger partial charge on any atom is 0.232 e. The number of thioether (sulfide) groups is 1. The second-order valence-corrected chi connectivity index (χ2v) is 9.58. The Labute approximate surface area is 160 Å². The molecule has 1 saturated heterocycles. The summed E-state index contributed by atoms with van der Waals surface area (Å²) in [7, 11) is 0.210. The van der Waals surface area contributed by atoms with E-state index in [1.165, 1.54) is 11.8 Å². The lowest BCUT2D eigenvalue weighted by atomic mass is 10.1. The van der Waals surface area contributed by atoms with Crippen molar-refractivity contribution in [1.82, 2.24) is 4.90 Å². The number of ether oxygens (including phenoxy) is 2. The van der Waals surface area contributed by atoms with Crippen molar-refractivity contribution in [3.8, 4) is 11.5 Å². The van der Waals surface area contributed by atoms with Gasteiger partial charge >= 0.3 is 0 Å². The zero-order valence-electron chi connectivity index (χ0n) is 15.8. The highest BCUT2D eigenvalue weighted by Crippen LogP contribution is 2.32. The van der Waals surface area contributed by atoms with Gasteiger partial charge in [0.25, 0.3) is 0 Å². The Kier molecular flexibility index (Phi) is 7.23. The largest absolute Gasteiger partial charge is 0.493 e. The standard InChI is InChI=1S/C18H27NO5S2/c1-5-19(15-6-7-26(21,22)12-15)18(20)11-25-10-14-9-17(24-4)16(23-3)8-13(14)2/h8-9,15H,5-7,10-12H2,1-4H3/t15-/m0/s1. The first kappa shape index (κ1) is 20.9. The number of aryl methyl sites for hydroxylation is 1. The number of nitrogens with zero attached hydrogens (tertiary/aromatic N) is 1. The second kappa shape index (κ2) is 8.99. The average molecular weight is 402 g/mol. The van der Waals surface area contributed by atoms with Gasteiger partial charge in [0.1, 0.15) is 0 Å². The summed E-state index contributed by atoms with van der Waals surface area (Å²) in [5.41, 5.74) is 2.17. The van der Waals surface area contributed by atoms with E-state index in [-0.39, 0.29) is 23.5 Å². The SMILES string of the molecule is CCN(C(=O)CSCc1cc(OC)c(OC)cc1C)[C@H]1CCS(=O)(=O)C1. The molecule has 1 aromatic carbocycles. The first-order valence-corrected chi connectivity index (χ1v) is 11.6. The smallest absolute Gasteiger partial charge is 0.232 e. The minimum atomic E-state index is -2.99. The summed E-state index contributed by atoms with van der Waals surface area (Å²) < 4.78 is 34.0. The molecule has 0 spiro atoms. The average Bonchev–Trinajstić information content (AvgIpc) is 2.96. The zero-order chi connectivity index (χ0) is 19.3. The first-order valence-electron chi connectivity index (χ1n) is 8.60. The van der Waals surface area contributed by atoms with Crippen LogP contribution in [0.4, 0.5) is 0 Å². The van der Waals surface area contributed by atoms with Gasteiger partial charge in [-0.1, -0.05) is 0 Å². The van der Waals surface area contributed by atoms with Gasteiger partial charge in [0.15, 0.2) is 21.3 Å². The van der Waals surface area contributed by atoms with Crippen LogP contribution in [-0.4, -0.2) is 63.3 Å². The van der Waals surface area contributed by atoms with Gasteiger partial charge in [0.2, 0.25) is 5.91 Å². The van der Waals surface area contributed by atoms with Crippen LogP contribution in [0.1, 0.15) is 24.5 Å². The molecule has 0 unspecified atom stereocenters. The van der Waals surface area contributed by atoms with E-state index in [1.54, 1.807) is 19.1 Å². The number of rotatable bonds is 8. The number of benzene rings is 1. The molecule has 0 aromatic heterocycles. The minimum Gasteiger partial charge on any atom is -0.493 e. The Morgan fingerprint density at radius 3 is 2.46 bits per heavy atom. The zero-order valence-corrected chi connectivity index (χ0v) is 17.4. The predicted octanol–water partition coefficient (Wildman–Crippen LogP) is 2.28. The molecule has 1 amide bonds. The Balaban J connectivity index is 1.95. The van der Waals surface area contributed by atoms with Gasteiger partial charge in [-0.15, -0.1) is 11.8 Å². The van der Waals surface area contributed by atoms with E-state index in [9.17, 15) is 13.2 Å². The number of methoxy groups -OCH3 is 2. The topological polar surface area (TPSA) is 72.9 Å². The van der Waals surface area contributed by atoms with Crippen LogP contribution < -0.4 is 9.47 Å². The van der Waals surface area contributed by atoms with E-state index >= 15 is 0 Å². The summed E-state index contributed by atoms with van der Waals surface area (Å²) in [5.74, 6) is 2.64. The van der Waals surface area contributed by atoms with Crippen LogP contribution in [0.2, 0.25) is 0 Å². The summed E-state index contributed by atoms with van der Waals surface area (Å²) in [4.78, 5) is 14.2. The molecule has 26 heavy (non-hydrogen) atoms. The fourth-order valence-corrected chi connectivity index (χ4v) is 5.87. The van der Waals surface area contributed by atoms with Crippen LogP contribution in [0, 0.1) is 6.92 Å². The number of amides is 1. The van der Waals surface area contributed by atoms with E-state index in [4.69, 9.17) is 9.47 Å². The molecule has 1 fully saturated rings. The quantitative estimate of drug-likeness (QED) is 0.665. The van der Waals surface area contributed by atoms with Crippen LogP contribution >= 0.6 is 11.8 Å². The predicted molar refractivity (Wildman–Crippen MR) is 105 cm³/mol. The Morgan fingerprint density at radius 2 is 1.92 bits per heavy atom. The highest BCUT2D eigenvalue weighted by atomic mass is 32.2. The molecule has 6 nitrogen and oxygen atoms in total. The van der Waals surface area contributed by atoms with Gasteiger partial charge in [-0.3, -0.25) is 4.79 Å². The minimum absolute atomic E-state index is 0.00210. The van der Waals surface area contributed by atoms with Crippen LogP contribution in [-0.2, 0) is 20.4 Å². The number of hydrogen-bond donors (Lipinski definition) is 0. The molecule has 0 radical (unpaired) electrons. The molecule has 1 aliphatic rings. The molecule has 1 heterocycles. The van der Waals surface area contributed by atoms with E-state index in [0.29, 0.717) is 36.0 Å². The van der Waals surface area contributed by atoms with Gasteiger partial charge in [0, 0.05) is 18.3 Å². The number of sulfone groups is 1. The highest BCUT2D eigenvalue weighted by Gasteiger charge is 2.33. The molecule has 0 N–H and O–H groups in total. The van der Waals surface area contributed by atoms with E-state index in [1.807, 2.05) is 26.0 Å². The number of carbonyl (C=O) groups is 1. The lowest BCUT2D eigenvalue weighted by Crippen LogP contribution is -2.41. The molecule has 8 heteroatoms. The van der Waals surface area contributed by atoms with Crippen molar-refractivity contribution in [2.45, 2.75) is 32.1 Å². The summed E-state index contributed by atoms with van der Waals surface area (Å²) in [6.07, 6.45) is 0.543. The normalized spacial score (nSPS) is 18.5. The molecular formula is C18H27NO5S2. The van der Waals surface area contributed by atoms with Gasteiger partial charge < -0.3 is 14.4 Å². The van der Waals surface area contributed by atoms with Crippen molar-refractivity contribution in [2.75, 3.05) is 38.0 Å². The monoisotopic (exact) mass is 401 g/mol. The van der Waals surface area contributed by atoms with Crippen molar-refractivity contribution in [2.24, 2.45) is 0 Å². The molecule has 1 atom stereocenters. The van der Waals surface area contributed by atoms with Gasteiger partial charge in [-0.2, -0.15) is 0 Å². The van der Waals surface area contributed by atoms with Crippen molar-refractivity contribution < 1.29 is 22.7 Å². The summed E-state index contributed by atoms with van der Waals surface area (Å²) in [6, 6.07) is 3.69. The van der Waals surface area contributed by atoms with E-state index < -0.39 is 9.84 Å². The third kappa shape index (κ3) is 5.07. The lowest BCUT2D eigenvalue weighted by molar-refractivity contribution is -0.129. The molecule has 0 aliphatic carbocycles. The number of carbonyl (C=O) groups excluding carboxylic acids is 1. The van der Waals surface area contributed by atoms with E-state index in [2.05, 4.69) is 0 Å². The second-order valence-electron chi connectivity index (χ2n) is 6.36. The Bertz CT molecular complexity index is 748. The lowest BCUT2D eigenvalue weighted by Gasteiger charge is -2.26. The van der Waals surface area contributed by atoms with Gasteiger partial charge in [-0.25, -0.2) is 8.42 Å². The highest BCUT2D eigenvalue weighted by molar-refractivity contribution is 7.99. The molecular weight excluding hydrogens is 374 g/mol. The molecule has 0 saturated carbocycles. The van der Waals surface area contributed by atoms with Crippen molar-refractivity contribution in [1.29, 1.82) is 0 Å². The maximum atomic E-state index is 12.5. The summed E-state index contributed by atoms with van der Waals surface area (Å²) in [5, 5.41) is 0. The maximum absolute atomic E-state index is 12.5. The van der Waals surface area contributed by atoms with E-state index in [0.717, 1.165) is 11.1 Å². The van der Waals surface area contributed by atoms with Crippen LogP contribution in [0.3, 0.4) is 0 Å². The molecule has 2 rings (SSSR count). The third-order valence-electron chi connectivity index (χ3n) is 4.64. The Morgan fingerprint density at radius 1 is 1.27 bits per heavy atom. The van der Waals surface area contributed by atoms with Crippen molar-refractivity contribution in [3.63, 3.8) is 0 Å². The van der Waals surface area contributed by atoms with Crippen LogP contribution in [0.15, 0.2) is 12.1 Å². The summed E-state index contributed by atoms with van der Waals surface area (Å²) in [6.45, 7) is 4.43. The number of hydrogen-bond acceptors (Lipinski definition) is 6. The molecule has 1 aliphatic heterocycles. The fraction of sp³-hybridized carbons (Fsp3) is 0.611. The third-order valence-corrected chi connectivity index (χ3v) is 7.35. The molecule has 146 valence electrons. The van der Waals surface area contributed by atoms with Crippen molar-refractivity contribution in [3.05, 3.63) is 23.3 Å². The first-order chi connectivity index (χ1) is 12.3. The summed E-state index contributed by atoms with van der Waals surface area (Å²) >= 11 is 1.53. The van der Waals surface area contributed by atoms with Crippen molar-refractivity contribution >= 4 is 27.5 Å². The van der Waals surface area contributed by atoms with Gasteiger partial charge in [0.05, 0.1) is 31.5 Å². The fourth-order valence-electron chi connectivity index (χ4n) is 3.17. The van der Waals surface area contributed by atoms with Gasteiger partial charge in [-0.05, 0) is 43.5 Å². The van der Waals surface area contributed by atoms with Crippen LogP contribution in [0.25, 0.3) is 0 Å². The Hall–Kier alpha value is -1.41. The van der Waals surface area contributed by atoms with Crippen LogP contribution in [0.5, 0.6) is 11.5 Å². The molecule has 1 aromatic rings.